The van der Waals surface area contributed by atoms with Crippen molar-refractivity contribution in [3.63, 3.8) is 0 Å². The van der Waals surface area contributed by atoms with Gasteiger partial charge in [-0.2, -0.15) is 0 Å². The van der Waals surface area contributed by atoms with Crippen LogP contribution >= 0.6 is 35.0 Å². The van der Waals surface area contributed by atoms with Crippen molar-refractivity contribution in [3.8, 4) is 0 Å². The molecule has 0 N–H and O–H groups in total. The van der Waals surface area contributed by atoms with Crippen LogP contribution in [0.25, 0.3) is 0 Å². The standard InChI is InChI=1S/C12H10Cl2O2S/c13-6-10-7-17-12(16-10)5-11(15)8-1-3-9(14)4-2-8/h1-5,10H,6-7H2/b12-5-. The smallest absolute Gasteiger partial charge is 0.190 e. The van der Waals surface area contributed by atoms with E-state index >= 15 is 0 Å². The summed E-state index contributed by atoms with van der Waals surface area (Å²) in [6.45, 7) is 0. The Labute approximate surface area is 114 Å². The van der Waals surface area contributed by atoms with Crippen LogP contribution in [0.2, 0.25) is 5.02 Å². The highest BCUT2D eigenvalue weighted by Crippen LogP contribution is 2.29. The number of thioether (sulfide) groups is 1. The summed E-state index contributed by atoms with van der Waals surface area (Å²) in [5.74, 6) is 1.15. The molecule has 0 aliphatic carbocycles. The van der Waals surface area contributed by atoms with E-state index < -0.39 is 0 Å². The number of allylic oxidation sites excluding steroid dienone is 1. The Balaban J connectivity index is 2.06. The number of ether oxygens (including phenoxy) is 1. The van der Waals surface area contributed by atoms with E-state index in [-0.39, 0.29) is 11.9 Å². The highest BCUT2D eigenvalue weighted by atomic mass is 35.5. The number of carbonyl (C=O) groups is 1. The molecule has 1 aliphatic rings. The van der Waals surface area contributed by atoms with E-state index in [0.29, 0.717) is 21.6 Å². The van der Waals surface area contributed by atoms with Crippen LogP contribution in [0.5, 0.6) is 0 Å². The fourth-order valence-corrected chi connectivity index (χ4v) is 2.72. The summed E-state index contributed by atoms with van der Waals surface area (Å²) in [7, 11) is 0. The van der Waals surface area contributed by atoms with Crippen molar-refractivity contribution >= 4 is 40.7 Å². The third kappa shape index (κ3) is 3.41. The lowest BCUT2D eigenvalue weighted by molar-refractivity contribution is 0.103. The molecule has 0 spiro atoms. The van der Waals surface area contributed by atoms with Crippen molar-refractivity contribution in [2.24, 2.45) is 0 Å². The summed E-state index contributed by atoms with van der Waals surface area (Å²) in [6, 6.07) is 6.77. The van der Waals surface area contributed by atoms with E-state index in [9.17, 15) is 4.79 Å². The Hall–Kier alpha value is -0.640. The average Bonchev–Trinajstić information content (AvgIpc) is 2.77. The summed E-state index contributed by atoms with van der Waals surface area (Å²) in [5.41, 5.74) is 0.598. The second kappa shape index (κ2) is 5.80. The Kier molecular flexibility index (Phi) is 4.37. The Morgan fingerprint density at radius 1 is 1.47 bits per heavy atom. The molecule has 0 bridgehead atoms. The normalized spacial score (nSPS) is 21.5. The van der Waals surface area contributed by atoms with E-state index in [1.54, 1.807) is 24.3 Å². The van der Waals surface area contributed by atoms with Crippen LogP contribution in [0.15, 0.2) is 35.4 Å². The molecule has 1 heterocycles. The van der Waals surface area contributed by atoms with Gasteiger partial charge in [0.15, 0.2) is 10.9 Å². The van der Waals surface area contributed by atoms with Crippen LogP contribution in [0.1, 0.15) is 10.4 Å². The SMILES string of the molecule is O=C(/C=C1/OC(CCl)CS1)c1ccc(Cl)cc1. The molecule has 1 aliphatic heterocycles. The third-order valence-corrected chi connectivity index (χ3v) is 3.88. The predicted molar refractivity (Wildman–Crippen MR) is 71.9 cm³/mol. The largest absolute Gasteiger partial charge is 0.482 e. The highest BCUT2D eigenvalue weighted by molar-refractivity contribution is 8.03. The van der Waals surface area contributed by atoms with Crippen LogP contribution in [0.3, 0.4) is 0 Å². The summed E-state index contributed by atoms with van der Waals surface area (Å²) in [6.07, 6.45) is 1.51. The molecule has 1 aromatic carbocycles. The van der Waals surface area contributed by atoms with Crippen LogP contribution in [-0.2, 0) is 4.74 Å². The van der Waals surface area contributed by atoms with E-state index in [0.717, 1.165) is 5.75 Å². The van der Waals surface area contributed by atoms with E-state index in [2.05, 4.69) is 0 Å². The maximum atomic E-state index is 11.9. The number of ketones is 1. The molecule has 1 saturated heterocycles. The molecule has 1 atom stereocenters. The number of benzene rings is 1. The van der Waals surface area contributed by atoms with Crippen molar-refractivity contribution in [1.29, 1.82) is 0 Å². The summed E-state index contributed by atoms with van der Waals surface area (Å²) in [5, 5.41) is 1.25. The number of carbonyl (C=O) groups excluding carboxylic acids is 1. The molecular formula is C12H10Cl2O2S. The number of alkyl halides is 1. The summed E-state index contributed by atoms with van der Waals surface area (Å²) >= 11 is 12.9. The van der Waals surface area contributed by atoms with Gasteiger partial charge in [0.05, 0.1) is 5.88 Å². The van der Waals surface area contributed by atoms with Gasteiger partial charge in [-0.15, -0.1) is 11.6 Å². The van der Waals surface area contributed by atoms with Gasteiger partial charge in [-0.25, -0.2) is 0 Å². The Morgan fingerprint density at radius 2 is 2.18 bits per heavy atom. The first-order valence-electron chi connectivity index (χ1n) is 5.06. The monoisotopic (exact) mass is 288 g/mol. The summed E-state index contributed by atoms with van der Waals surface area (Å²) < 4.78 is 5.47. The molecule has 90 valence electrons. The van der Waals surface area contributed by atoms with Crippen LogP contribution in [0.4, 0.5) is 0 Å². The lowest BCUT2D eigenvalue weighted by Gasteiger charge is -2.03. The number of halogens is 2. The molecule has 2 rings (SSSR count). The highest BCUT2D eigenvalue weighted by Gasteiger charge is 2.21. The van der Waals surface area contributed by atoms with Gasteiger partial charge in [-0.05, 0) is 24.3 Å². The molecule has 5 heteroatoms. The van der Waals surface area contributed by atoms with Gasteiger partial charge in [-0.1, -0.05) is 23.4 Å². The van der Waals surface area contributed by atoms with Crippen molar-refractivity contribution < 1.29 is 9.53 Å². The molecule has 0 saturated carbocycles. The van der Waals surface area contributed by atoms with Gasteiger partial charge in [0.25, 0.3) is 0 Å². The lowest BCUT2D eigenvalue weighted by Crippen LogP contribution is -2.09. The molecule has 0 aromatic heterocycles. The predicted octanol–water partition coefficient (Wildman–Crippen LogP) is 3.73. The molecule has 0 radical (unpaired) electrons. The van der Waals surface area contributed by atoms with Gasteiger partial charge < -0.3 is 4.74 Å². The van der Waals surface area contributed by atoms with Gasteiger partial charge in [-0.3, -0.25) is 4.79 Å². The second-order valence-electron chi connectivity index (χ2n) is 3.54. The van der Waals surface area contributed by atoms with Crippen LogP contribution in [-0.4, -0.2) is 23.5 Å². The Bertz CT molecular complexity index is 442. The summed E-state index contributed by atoms with van der Waals surface area (Å²) in [4.78, 5) is 11.9. The zero-order chi connectivity index (χ0) is 12.3. The van der Waals surface area contributed by atoms with Gasteiger partial charge in [0, 0.05) is 22.4 Å². The minimum atomic E-state index is -0.0839. The number of hydrogen-bond donors (Lipinski definition) is 0. The minimum Gasteiger partial charge on any atom is -0.482 e. The van der Waals surface area contributed by atoms with Gasteiger partial charge in [0.2, 0.25) is 0 Å². The Morgan fingerprint density at radius 3 is 2.76 bits per heavy atom. The molecule has 0 amide bonds. The first kappa shape index (κ1) is 12.8. The van der Waals surface area contributed by atoms with E-state index in [1.165, 1.54) is 17.8 Å². The maximum absolute atomic E-state index is 11.9. The fourth-order valence-electron chi connectivity index (χ4n) is 1.36. The minimum absolute atomic E-state index is 0.00549. The van der Waals surface area contributed by atoms with E-state index in [1.807, 2.05) is 0 Å². The van der Waals surface area contributed by atoms with Crippen molar-refractivity contribution in [3.05, 3.63) is 46.0 Å². The molecule has 1 unspecified atom stereocenters. The van der Waals surface area contributed by atoms with Crippen molar-refractivity contribution in [2.75, 3.05) is 11.6 Å². The molecule has 17 heavy (non-hydrogen) atoms. The molecule has 1 aromatic rings. The van der Waals surface area contributed by atoms with Crippen molar-refractivity contribution in [2.45, 2.75) is 6.10 Å². The molecule has 1 fully saturated rings. The zero-order valence-corrected chi connectivity index (χ0v) is 11.2. The second-order valence-corrected chi connectivity index (χ2v) is 5.31. The number of rotatable bonds is 3. The molecular weight excluding hydrogens is 279 g/mol. The first-order chi connectivity index (χ1) is 8.19. The topological polar surface area (TPSA) is 26.3 Å². The van der Waals surface area contributed by atoms with Crippen LogP contribution in [0, 0.1) is 0 Å². The van der Waals surface area contributed by atoms with Crippen molar-refractivity contribution in [1.82, 2.24) is 0 Å². The maximum Gasteiger partial charge on any atom is 0.190 e. The third-order valence-electron chi connectivity index (χ3n) is 2.24. The van der Waals surface area contributed by atoms with Crippen LogP contribution < -0.4 is 0 Å². The fraction of sp³-hybridized carbons (Fsp3) is 0.250. The average molecular weight is 289 g/mol. The lowest BCUT2D eigenvalue weighted by atomic mass is 10.1. The first-order valence-corrected chi connectivity index (χ1v) is 6.96. The quantitative estimate of drug-likeness (QED) is 0.482. The zero-order valence-electron chi connectivity index (χ0n) is 8.86. The van der Waals surface area contributed by atoms with E-state index in [4.69, 9.17) is 27.9 Å². The van der Waals surface area contributed by atoms with Gasteiger partial charge in [0.1, 0.15) is 6.10 Å². The molecule has 2 nitrogen and oxygen atoms in total. The number of hydrogen-bond acceptors (Lipinski definition) is 3. The van der Waals surface area contributed by atoms with Gasteiger partial charge >= 0.3 is 0 Å².